The summed E-state index contributed by atoms with van der Waals surface area (Å²) in [5.74, 6) is -0.733. The molecule has 2 aromatic rings. The molecule has 1 N–H and O–H groups in total. The van der Waals surface area contributed by atoms with Crippen molar-refractivity contribution in [2.75, 3.05) is 17.1 Å². The molecule has 1 aliphatic carbocycles. The van der Waals surface area contributed by atoms with Gasteiger partial charge in [-0.05, 0) is 55.0 Å². The fourth-order valence-corrected chi connectivity index (χ4v) is 6.12. The third-order valence-electron chi connectivity index (χ3n) is 6.76. The predicted octanol–water partition coefficient (Wildman–Crippen LogP) is 5.19. The second-order valence-electron chi connectivity index (χ2n) is 9.42. The number of carbonyl (C=O) groups is 2. The largest absolute Gasteiger partial charge is 0.352 e. The highest BCUT2D eigenvalue weighted by Gasteiger charge is 2.33. The quantitative estimate of drug-likeness (QED) is 0.405. The second kappa shape index (κ2) is 13.0. The average molecular weight is 569 g/mol. The van der Waals surface area contributed by atoms with Crippen LogP contribution in [0.25, 0.3) is 0 Å². The number of benzene rings is 2. The molecular formula is C27H35Cl2N3O4S. The molecule has 1 saturated carbocycles. The Kier molecular flexibility index (Phi) is 10.3. The van der Waals surface area contributed by atoms with Crippen molar-refractivity contribution in [3.8, 4) is 0 Å². The van der Waals surface area contributed by atoms with Crippen LogP contribution in [0, 0.1) is 0 Å². The Labute approximate surface area is 230 Å². The average Bonchev–Trinajstić information content (AvgIpc) is 3.35. The zero-order valence-electron chi connectivity index (χ0n) is 21.5. The first kappa shape index (κ1) is 29.3. The van der Waals surface area contributed by atoms with Crippen LogP contribution in [-0.4, -0.2) is 50.0 Å². The van der Waals surface area contributed by atoms with Gasteiger partial charge in [0.25, 0.3) is 0 Å². The van der Waals surface area contributed by atoms with Crippen molar-refractivity contribution < 1.29 is 18.0 Å². The molecule has 1 unspecified atom stereocenters. The zero-order chi connectivity index (χ0) is 27.2. The van der Waals surface area contributed by atoms with Crippen LogP contribution >= 0.6 is 23.2 Å². The first-order valence-electron chi connectivity index (χ1n) is 12.6. The Hall–Kier alpha value is -2.29. The summed E-state index contributed by atoms with van der Waals surface area (Å²) in [6.07, 6.45) is 5.98. The molecule has 3 rings (SSSR count). The smallest absolute Gasteiger partial charge is 0.244 e. The fourth-order valence-electron chi connectivity index (χ4n) is 4.77. The second-order valence-corrected chi connectivity index (χ2v) is 12.2. The first-order valence-corrected chi connectivity index (χ1v) is 15.2. The molecule has 0 bridgehead atoms. The molecule has 7 nitrogen and oxygen atoms in total. The first-order chi connectivity index (χ1) is 17.5. The van der Waals surface area contributed by atoms with Crippen LogP contribution in [-0.2, 0) is 32.6 Å². The monoisotopic (exact) mass is 567 g/mol. The summed E-state index contributed by atoms with van der Waals surface area (Å²) in [6, 6.07) is 11.4. The van der Waals surface area contributed by atoms with Crippen LogP contribution < -0.4 is 9.62 Å². The summed E-state index contributed by atoms with van der Waals surface area (Å²) in [5.41, 5.74) is 1.87. The highest BCUT2D eigenvalue weighted by Crippen LogP contribution is 2.27. The summed E-state index contributed by atoms with van der Waals surface area (Å²) in [6.45, 7) is 3.37. The van der Waals surface area contributed by atoms with Crippen LogP contribution in [0.15, 0.2) is 42.5 Å². The molecule has 2 amide bonds. The normalized spacial score (nSPS) is 14.8. The number of amides is 2. The Morgan fingerprint density at radius 2 is 1.73 bits per heavy atom. The molecule has 1 fully saturated rings. The Bertz CT molecular complexity index is 1220. The van der Waals surface area contributed by atoms with Crippen molar-refractivity contribution in [1.82, 2.24) is 10.2 Å². The van der Waals surface area contributed by atoms with Gasteiger partial charge in [0.1, 0.15) is 12.6 Å². The molecule has 0 spiro atoms. The minimum absolute atomic E-state index is 0.0401. The number of rotatable bonds is 11. The van der Waals surface area contributed by atoms with Gasteiger partial charge in [-0.25, -0.2) is 8.42 Å². The predicted molar refractivity (Wildman–Crippen MR) is 149 cm³/mol. The van der Waals surface area contributed by atoms with E-state index in [1.165, 1.54) is 4.90 Å². The molecule has 0 aromatic heterocycles. The number of hydrogen-bond donors (Lipinski definition) is 1. The van der Waals surface area contributed by atoms with Crippen LogP contribution in [0.4, 0.5) is 5.69 Å². The lowest BCUT2D eigenvalue weighted by atomic mass is 10.1. The van der Waals surface area contributed by atoms with E-state index in [2.05, 4.69) is 5.32 Å². The van der Waals surface area contributed by atoms with Crippen LogP contribution in [0.5, 0.6) is 0 Å². The van der Waals surface area contributed by atoms with Crippen molar-refractivity contribution in [2.24, 2.45) is 0 Å². The summed E-state index contributed by atoms with van der Waals surface area (Å²) >= 11 is 12.5. The number of hydrogen-bond acceptors (Lipinski definition) is 4. The summed E-state index contributed by atoms with van der Waals surface area (Å²) in [5, 5.41) is 3.91. The highest BCUT2D eigenvalue weighted by atomic mass is 35.5. The Balaban J connectivity index is 1.97. The molecule has 0 saturated heterocycles. The number of nitrogens with zero attached hydrogens (tertiary/aromatic N) is 2. The lowest BCUT2D eigenvalue weighted by molar-refractivity contribution is -0.140. The van der Waals surface area contributed by atoms with Crippen LogP contribution in [0.1, 0.15) is 57.1 Å². The van der Waals surface area contributed by atoms with Crippen molar-refractivity contribution in [1.29, 1.82) is 0 Å². The number of nitrogens with one attached hydrogen (secondary N) is 1. The molecule has 202 valence electrons. The van der Waals surface area contributed by atoms with Crippen molar-refractivity contribution in [3.63, 3.8) is 0 Å². The van der Waals surface area contributed by atoms with Gasteiger partial charge in [0.05, 0.1) is 11.9 Å². The zero-order valence-corrected chi connectivity index (χ0v) is 23.9. The van der Waals surface area contributed by atoms with Crippen molar-refractivity contribution >= 4 is 50.7 Å². The van der Waals surface area contributed by atoms with E-state index in [0.717, 1.165) is 41.8 Å². The lowest BCUT2D eigenvalue weighted by Crippen LogP contribution is -2.53. The number of anilines is 1. The number of aryl methyl sites for hydroxylation is 1. The third-order valence-corrected chi connectivity index (χ3v) is 8.48. The molecule has 2 aromatic carbocycles. The van der Waals surface area contributed by atoms with Gasteiger partial charge in [0.2, 0.25) is 21.8 Å². The van der Waals surface area contributed by atoms with E-state index >= 15 is 0 Å². The molecular weight excluding hydrogens is 533 g/mol. The Morgan fingerprint density at radius 1 is 1.05 bits per heavy atom. The number of para-hydroxylation sites is 1. The van der Waals surface area contributed by atoms with Gasteiger partial charge in [-0.2, -0.15) is 0 Å². The van der Waals surface area contributed by atoms with Gasteiger partial charge < -0.3 is 10.2 Å². The Morgan fingerprint density at radius 3 is 2.32 bits per heavy atom. The van der Waals surface area contributed by atoms with E-state index in [9.17, 15) is 18.0 Å². The third kappa shape index (κ3) is 7.62. The summed E-state index contributed by atoms with van der Waals surface area (Å²) < 4.78 is 26.8. The van der Waals surface area contributed by atoms with Crippen molar-refractivity contribution in [2.45, 2.75) is 71.0 Å². The van der Waals surface area contributed by atoms with Crippen LogP contribution in [0.2, 0.25) is 10.0 Å². The summed E-state index contributed by atoms with van der Waals surface area (Å²) in [7, 11) is -3.80. The fraction of sp³-hybridized carbons (Fsp3) is 0.481. The molecule has 37 heavy (non-hydrogen) atoms. The van der Waals surface area contributed by atoms with Gasteiger partial charge in [-0.3, -0.25) is 13.9 Å². The number of halogens is 2. The maximum atomic E-state index is 13.9. The van der Waals surface area contributed by atoms with E-state index in [-0.39, 0.29) is 18.5 Å². The van der Waals surface area contributed by atoms with Gasteiger partial charge in [-0.1, -0.05) is 74.2 Å². The molecule has 0 heterocycles. The maximum absolute atomic E-state index is 13.9. The van der Waals surface area contributed by atoms with E-state index in [1.807, 2.05) is 26.0 Å². The maximum Gasteiger partial charge on any atom is 0.244 e. The summed E-state index contributed by atoms with van der Waals surface area (Å²) in [4.78, 5) is 28.7. The molecule has 1 atom stereocenters. The molecule has 1 aliphatic rings. The van der Waals surface area contributed by atoms with E-state index < -0.39 is 28.5 Å². The minimum Gasteiger partial charge on any atom is -0.352 e. The van der Waals surface area contributed by atoms with Gasteiger partial charge in [0, 0.05) is 22.6 Å². The standard InChI is InChI=1S/C27H35Cl2N3O4S/c1-4-19-10-6-9-13-25(19)32(37(3,35)36)18-26(33)31(17-20-14-15-21(28)16-23(20)29)24(5-2)27(34)30-22-11-7-8-12-22/h6,9-10,13-16,22,24H,4-5,7-8,11-12,17-18H2,1-3H3,(H,30,34). The van der Waals surface area contributed by atoms with E-state index in [4.69, 9.17) is 23.2 Å². The molecule has 0 aliphatic heterocycles. The highest BCUT2D eigenvalue weighted by molar-refractivity contribution is 7.92. The van der Waals surface area contributed by atoms with E-state index in [0.29, 0.717) is 34.1 Å². The SMILES string of the molecule is CCc1ccccc1N(CC(=O)N(Cc1ccc(Cl)cc1Cl)C(CC)C(=O)NC1CCCC1)S(C)(=O)=O. The van der Waals surface area contributed by atoms with Crippen molar-refractivity contribution in [3.05, 3.63) is 63.6 Å². The van der Waals surface area contributed by atoms with Gasteiger partial charge in [0.15, 0.2) is 0 Å². The minimum atomic E-state index is -3.80. The topological polar surface area (TPSA) is 86.8 Å². The lowest BCUT2D eigenvalue weighted by Gasteiger charge is -2.34. The van der Waals surface area contributed by atoms with Gasteiger partial charge >= 0.3 is 0 Å². The van der Waals surface area contributed by atoms with E-state index in [1.54, 1.807) is 30.3 Å². The molecule has 10 heteroatoms. The number of carbonyl (C=O) groups excluding carboxylic acids is 2. The number of sulfonamides is 1. The molecule has 0 radical (unpaired) electrons. The van der Waals surface area contributed by atoms with Crippen LogP contribution in [0.3, 0.4) is 0 Å². The van der Waals surface area contributed by atoms with Gasteiger partial charge in [-0.15, -0.1) is 0 Å².